The molecule has 1 amide bonds. The fourth-order valence-corrected chi connectivity index (χ4v) is 6.48. The minimum Gasteiger partial charge on any atom is -0.351 e. The van der Waals surface area contributed by atoms with E-state index in [2.05, 4.69) is 96.2 Å². The second-order valence-electron chi connectivity index (χ2n) is 11.8. The summed E-state index contributed by atoms with van der Waals surface area (Å²) in [4.78, 5) is 17.7. The molecule has 0 bridgehead atoms. The lowest BCUT2D eigenvalue weighted by atomic mass is 9.86. The van der Waals surface area contributed by atoms with E-state index in [9.17, 15) is 4.79 Å². The predicted molar refractivity (Wildman–Crippen MR) is 160 cm³/mol. The Morgan fingerprint density at radius 3 is 2.21 bits per heavy atom. The zero-order valence-corrected chi connectivity index (χ0v) is 23.9. The normalized spacial score (nSPS) is 17.4. The number of nitrogens with zero attached hydrogens (tertiary/aromatic N) is 1. The zero-order chi connectivity index (χ0) is 26.5. The summed E-state index contributed by atoms with van der Waals surface area (Å²) in [7, 11) is 0. The Morgan fingerprint density at radius 1 is 0.921 bits per heavy atom. The number of piperazine rings is 1. The van der Waals surface area contributed by atoms with Crippen molar-refractivity contribution < 1.29 is 4.79 Å². The van der Waals surface area contributed by atoms with Crippen LogP contribution in [-0.4, -0.2) is 56.6 Å². The molecule has 0 atom stereocenters. The molecule has 0 unspecified atom stereocenters. The molecule has 5 nitrogen and oxygen atoms in total. The fraction of sp³-hybridized carbons (Fsp3) is 0.469. The third-order valence-electron chi connectivity index (χ3n) is 7.86. The van der Waals surface area contributed by atoms with E-state index in [1.54, 1.807) is 11.3 Å². The van der Waals surface area contributed by atoms with Crippen molar-refractivity contribution in [2.75, 3.05) is 45.8 Å². The molecule has 0 saturated carbocycles. The molecule has 2 aliphatic heterocycles. The van der Waals surface area contributed by atoms with Gasteiger partial charge in [0.15, 0.2) is 0 Å². The lowest BCUT2D eigenvalue weighted by Crippen LogP contribution is -2.42. The van der Waals surface area contributed by atoms with Crippen molar-refractivity contribution in [3.63, 3.8) is 0 Å². The molecular weight excluding hydrogens is 488 g/mol. The zero-order valence-electron chi connectivity index (χ0n) is 23.1. The Bertz CT molecular complexity index is 1200. The molecule has 6 heteroatoms. The largest absolute Gasteiger partial charge is 0.351 e. The van der Waals surface area contributed by atoms with E-state index in [1.165, 1.54) is 16.7 Å². The van der Waals surface area contributed by atoms with Crippen LogP contribution in [0.2, 0.25) is 0 Å². The quantitative estimate of drug-likeness (QED) is 0.377. The number of carbonyl (C=O) groups excluding carboxylic acids is 1. The molecule has 2 fully saturated rings. The van der Waals surface area contributed by atoms with Crippen LogP contribution >= 0.6 is 11.3 Å². The summed E-state index contributed by atoms with van der Waals surface area (Å²) < 4.78 is 0. The first-order chi connectivity index (χ1) is 18.4. The average molecular weight is 531 g/mol. The number of nitrogens with one attached hydrogen (secondary N) is 3. The summed E-state index contributed by atoms with van der Waals surface area (Å²) in [5, 5.41) is 10.1. The number of piperidine rings is 1. The summed E-state index contributed by atoms with van der Waals surface area (Å²) in [6, 6.07) is 19.9. The maximum Gasteiger partial charge on any atom is 0.261 e. The van der Waals surface area contributed by atoms with E-state index in [0.717, 1.165) is 86.1 Å². The number of hydrogen-bond donors (Lipinski definition) is 3. The standard InChI is InChI=1S/C32H42N4OS/c1-32(2,3)27-10-8-26(9-11-27)30-28(20-29(38-30)31(37)35-21-23-12-14-33-15-13-23)25-6-4-24(5-7-25)22-36-18-16-34-17-19-36/h4-11,20,23,33-34H,12-19,21-22H2,1-3H3,(H,35,37). The van der Waals surface area contributed by atoms with Gasteiger partial charge in [0.1, 0.15) is 0 Å². The molecule has 0 spiro atoms. The van der Waals surface area contributed by atoms with Gasteiger partial charge in [-0.3, -0.25) is 9.69 Å². The summed E-state index contributed by atoms with van der Waals surface area (Å²) in [5.74, 6) is 0.606. The van der Waals surface area contributed by atoms with Gasteiger partial charge in [0.25, 0.3) is 5.91 Å². The van der Waals surface area contributed by atoms with Crippen LogP contribution in [0.25, 0.3) is 21.6 Å². The molecule has 0 aliphatic carbocycles. The van der Waals surface area contributed by atoms with E-state index < -0.39 is 0 Å². The highest BCUT2D eigenvalue weighted by Gasteiger charge is 2.21. The van der Waals surface area contributed by atoms with Crippen molar-refractivity contribution in [2.45, 2.75) is 45.6 Å². The van der Waals surface area contributed by atoms with Gasteiger partial charge in [-0.1, -0.05) is 69.3 Å². The predicted octanol–water partition coefficient (Wildman–Crippen LogP) is 5.51. The summed E-state index contributed by atoms with van der Waals surface area (Å²) >= 11 is 1.61. The van der Waals surface area contributed by atoms with Crippen molar-refractivity contribution >= 4 is 17.2 Å². The molecule has 3 N–H and O–H groups in total. The molecule has 1 aromatic heterocycles. The number of thiophene rings is 1. The van der Waals surface area contributed by atoms with Crippen LogP contribution < -0.4 is 16.0 Å². The maximum atomic E-state index is 13.2. The minimum atomic E-state index is 0.0441. The molecule has 202 valence electrons. The molecule has 3 heterocycles. The van der Waals surface area contributed by atoms with E-state index >= 15 is 0 Å². The number of benzene rings is 2. The Balaban J connectivity index is 1.40. The number of rotatable bonds is 7. The lowest BCUT2D eigenvalue weighted by molar-refractivity contribution is 0.0948. The van der Waals surface area contributed by atoms with Crippen LogP contribution in [0.4, 0.5) is 0 Å². The van der Waals surface area contributed by atoms with Crippen LogP contribution in [0, 0.1) is 5.92 Å². The van der Waals surface area contributed by atoms with Gasteiger partial charge in [-0.05, 0) is 65.6 Å². The van der Waals surface area contributed by atoms with Gasteiger partial charge in [-0.15, -0.1) is 11.3 Å². The highest BCUT2D eigenvalue weighted by atomic mass is 32.1. The minimum absolute atomic E-state index is 0.0441. The highest BCUT2D eigenvalue weighted by molar-refractivity contribution is 7.18. The fourth-order valence-electron chi connectivity index (χ4n) is 5.38. The van der Waals surface area contributed by atoms with Gasteiger partial charge >= 0.3 is 0 Å². The van der Waals surface area contributed by atoms with Gasteiger partial charge in [0.2, 0.25) is 0 Å². The second-order valence-corrected chi connectivity index (χ2v) is 12.9. The molecule has 2 aromatic carbocycles. The second kappa shape index (κ2) is 12.1. The van der Waals surface area contributed by atoms with Crippen molar-refractivity contribution in [1.82, 2.24) is 20.9 Å². The number of carbonyl (C=O) groups is 1. The summed E-state index contributed by atoms with van der Waals surface area (Å²) in [5.41, 5.74) is 6.23. The SMILES string of the molecule is CC(C)(C)c1ccc(-c2sc(C(=O)NCC3CCNCC3)cc2-c2ccc(CN3CCNCC3)cc2)cc1. The highest BCUT2D eigenvalue weighted by Crippen LogP contribution is 2.40. The van der Waals surface area contributed by atoms with E-state index in [4.69, 9.17) is 0 Å². The van der Waals surface area contributed by atoms with Crippen LogP contribution in [0.5, 0.6) is 0 Å². The number of amides is 1. The van der Waals surface area contributed by atoms with E-state index in [-0.39, 0.29) is 11.3 Å². The smallest absolute Gasteiger partial charge is 0.261 e. The van der Waals surface area contributed by atoms with Crippen molar-refractivity contribution in [1.29, 1.82) is 0 Å². The molecule has 0 radical (unpaired) electrons. The van der Waals surface area contributed by atoms with E-state index in [1.807, 2.05) is 0 Å². The molecule has 5 rings (SSSR count). The van der Waals surface area contributed by atoms with Crippen molar-refractivity contribution in [3.05, 3.63) is 70.6 Å². The molecule has 38 heavy (non-hydrogen) atoms. The molecule has 2 saturated heterocycles. The Hall–Kier alpha value is -2.51. The number of hydrogen-bond acceptors (Lipinski definition) is 5. The Morgan fingerprint density at radius 2 is 1.55 bits per heavy atom. The van der Waals surface area contributed by atoms with Crippen molar-refractivity contribution in [3.8, 4) is 21.6 Å². The molecule has 3 aromatic rings. The summed E-state index contributed by atoms with van der Waals surface area (Å²) in [6.07, 6.45) is 2.25. The van der Waals surface area contributed by atoms with Crippen LogP contribution in [-0.2, 0) is 12.0 Å². The topological polar surface area (TPSA) is 56.4 Å². The Kier molecular flexibility index (Phi) is 8.64. The van der Waals surface area contributed by atoms with Crippen LogP contribution in [0.1, 0.15) is 54.4 Å². The third-order valence-corrected chi connectivity index (χ3v) is 9.04. The van der Waals surface area contributed by atoms with Crippen molar-refractivity contribution in [2.24, 2.45) is 5.92 Å². The summed E-state index contributed by atoms with van der Waals surface area (Å²) in [6.45, 7) is 14.9. The molecular formula is C32H42N4OS. The van der Waals surface area contributed by atoms with Gasteiger partial charge in [-0.25, -0.2) is 0 Å². The van der Waals surface area contributed by atoms with Crippen LogP contribution in [0.15, 0.2) is 54.6 Å². The van der Waals surface area contributed by atoms with Gasteiger partial charge in [0, 0.05) is 49.7 Å². The monoisotopic (exact) mass is 530 g/mol. The first-order valence-corrected chi connectivity index (χ1v) is 14.9. The van der Waals surface area contributed by atoms with Gasteiger partial charge in [0.05, 0.1) is 4.88 Å². The maximum absolute atomic E-state index is 13.2. The average Bonchev–Trinajstić information content (AvgIpc) is 3.39. The molecule has 2 aliphatic rings. The third kappa shape index (κ3) is 6.73. The lowest BCUT2D eigenvalue weighted by Gasteiger charge is -2.27. The van der Waals surface area contributed by atoms with Gasteiger partial charge in [-0.2, -0.15) is 0 Å². The van der Waals surface area contributed by atoms with E-state index in [0.29, 0.717) is 5.92 Å². The first kappa shape index (κ1) is 27.1. The van der Waals surface area contributed by atoms with Crippen LogP contribution in [0.3, 0.4) is 0 Å². The Labute approximate surface area is 232 Å². The first-order valence-electron chi connectivity index (χ1n) is 14.1. The van der Waals surface area contributed by atoms with Gasteiger partial charge < -0.3 is 16.0 Å².